The van der Waals surface area contributed by atoms with Crippen LogP contribution < -0.4 is 0 Å². The fourth-order valence-corrected chi connectivity index (χ4v) is 1.10. The molecular formula is C11H12O2S. The molecule has 0 unspecified atom stereocenters. The summed E-state index contributed by atoms with van der Waals surface area (Å²) in [5.74, 6) is 0. The van der Waals surface area contributed by atoms with Crippen molar-refractivity contribution in [3.8, 4) is 0 Å². The molecule has 3 heteroatoms. The predicted molar refractivity (Wildman–Crippen MR) is 59.6 cm³/mol. The molecule has 1 rings (SSSR count). The Balaban J connectivity index is 2.24. The van der Waals surface area contributed by atoms with Crippen LogP contribution in [0.5, 0.6) is 0 Å². The van der Waals surface area contributed by atoms with E-state index in [0.717, 1.165) is 6.42 Å². The first-order chi connectivity index (χ1) is 6.79. The van der Waals surface area contributed by atoms with E-state index in [2.05, 4.69) is 29.5 Å². The molecule has 0 radical (unpaired) electrons. The van der Waals surface area contributed by atoms with E-state index in [-0.39, 0.29) is 6.61 Å². The van der Waals surface area contributed by atoms with Gasteiger partial charge in [-0.1, -0.05) is 55.1 Å². The summed E-state index contributed by atoms with van der Waals surface area (Å²) in [5.41, 5.74) is 1.24. The zero-order valence-electron chi connectivity index (χ0n) is 7.72. The summed E-state index contributed by atoms with van der Waals surface area (Å²) in [5, 5.41) is -0.547. The lowest BCUT2D eigenvalue weighted by atomic mass is 10.1. The van der Waals surface area contributed by atoms with Gasteiger partial charge in [0.2, 0.25) is 0 Å². The topological polar surface area (TPSA) is 26.3 Å². The fourth-order valence-electron chi connectivity index (χ4n) is 1.02. The molecule has 0 aliphatic rings. The Morgan fingerprint density at radius 2 is 2.00 bits per heavy atom. The molecule has 0 aromatic heterocycles. The molecule has 0 spiro atoms. The smallest absolute Gasteiger partial charge is 0.364 e. The molecular weight excluding hydrogens is 196 g/mol. The molecule has 2 nitrogen and oxygen atoms in total. The number of hydrogen-bond donors (Lipinski definition) is 1. The van der Waals surface area contributed by atoms with Gasteiger partial charge in [0.15, 0.2) is 0 Å². The number of ether oxygens (including phenoxy) is 1. The van der Waals surface area contributed by atoms with Crippen LogP contribution in [0.3, 0.4) is 0 Å². The van der Waals surface area contributed by atoms with Crippen molar-refractivity contribution in [2.45, 2.75) is 6.42 Å². The summed E-state index contributed by atoms with van der Waals surface area (Å²) in [4.78, 5) is 10.3. The van der Waals surface area contributed by atoms with Gasteiger partial charge < -0.3 is 4.74 Å². The van der Waals surface area contributed by atoms with Crippen LogP contribution in [0, 0.1) is 0 Å². The second kappa shape index (κ2) is 6.27. The molecule has 0 heterocycles. The fraction of sp³-hybridized carbons (Fsp3) is 0.182. The van der Waals surface area contributed by atoms with Crippen LogP contribution in [0.15, 0.2) is 42.5 Å². The van der Waals surface area contributed by atoms with Gasteiger partial charge in [-0.2, -0.15) is 0 Å². The number of benzene rings is 1. The Hall–Kier alpha value is -1.22. The highest BCUT2D eigenvalue weighted by Gasteiger charge is 1.88. The van der Waals surface area contributed by atoms with E-state index in [1.165, 1.54) is 5.56 Å². The van der Waals surface area contributed by atoms with Crippen molar-refractivity contribution < 1.29 is 9.53 Å². The largest absolute Gasteiger partial charge is 0.454 e. The lowest BCUT2D eigenvalue weighted by Gasteiger charge is -1.95. The number of carbonyl (C=O) groups is 1. The van der Waals surface area contributed by atoms with E-state index in [9.17, 15) is 4.79 Å². The predicted octanol–water partition coefficient (Wildman–Crippen LogP) is 2.85. The van der Waals surface area contributed by atoms with Gasteiger partial charge in [0.25, 0.3) is 0 Å². The average molecular weight is 208 g/mol. The molecule has 0 aliphatic heterocycles. The third-order valence-electron chi connectivity index (χ3n) is 1.67. The van der Waals surface area contributed by atoms with Gasteiger partial charge >= 0.3 is 5.30 Å². The maximum absolute atomic E-state index is 10.3. The van der Waals surface area contributed by atoms with Crippen molar-refractivity contribution in [2.24, 2.45) is 0 Å². The molecule has 0 atom stereocenters. The molecule has 14 heavy (non-hydrogen) atoms. The summed E-state index contributed by atoms with van der Waals surface area (Å²) in [6, 6.07) is 10.1. The van der Waals surface area contributed by atoms with Crippen molar-refractivity contribution in [2.75, 3.05) is 6.61 Å². The molecule has 0 amide bonds. The molecule has 0 N–H and O–H groups in total. The summed E-state index contributed by atoms with van der Waals surface area (Å²) < 4.78 is 4.62. The van der Waals surface area contributed by atoms with Crippen molar-refractivity contribution in [3.05, 3.63) is 48.0 Å². The highest BCUT2D eigenvalue weighted by Crippen LogP contribution is 1.99. The molecule has 74 valence electrons. The van der Waals surface area contributed by atoms with Gasteiger partial charge in [0.05, 0.1) is 0 Å². The van der Waals surface area contributed by atoms with Gasteiger partial charge in [-0.15, -0.1) is 0 Å². The Kier molecular flexibility index (Phi) is 4.86. The third-order valence-corrected chi connectivity index (χ3v) is 1.80. The molecule has 0 saturated carbocycles. The normalized spacial score (nSPS) is 10.4. The van der Waals surface area contributed by atoms with Crippen molar-refractivity contribution in [1.29, 1.82) is 0 Å². The Morgan fingerprint density at radius 3 is 2.64 bits per heavy atom. The number of allylic oxidation sites excluding steroid dienone is 1. The molecule has 0 fully saturated rings. The minimum absolute atomic E-state index is 0.287. The molecule has 0 bridgehead atoms. The maximum Gasteiger partial charge on any atom is 0.364 e. The molecule has 0 saturated heterocycles. The Morgan fingerprint density at radius 1 is 1.29 bits per heavy atom. The van der Waals surface area contributed by atoms with Crippen LogP contribution in [0.25, 0.3) is 0 Å². The zero-order valence-corrected chi connectivity index (χ0v) is 8.61. The first kappa shape index (κ1) is 10.9. The second-order valence-corrected chi connectivity index (χ2v) is 3.10. The Labute approximate surface area is 89.0 Å². The lowest BCUT2D eigenvalue weighted by Crippen LogP contribution is -1.92. The van der Waals surface area contributed by atoms with E-state index in [4.69, 9.17) is 0 Å². The number of thiol groups is 1. The van der Waals surface area contributed by atoms with E-state index >= 15 is 0 Å². The first-order valence-corrected chi connectivity index (χ1v) is 4.78. The van der Waals surface area contributed by atoms with Crippen molar-refractivity contribution in [3.63, 3.8) is 0 Å². The van der Waals surface area contributed by atoms with Crippen LogP contribution in [-0.2, 0) is 11.2 Å². The van der Waals surface area contributed by atoms with Crippen LogP contribution in [0.4, 0.5) is 4.79 Å². The van der Waals surface area contributed by atoms with Crippen LogP contribution in [0.1, 0.15) is 5.56 Å². The average Bonchev–Trinajstić information content (AvgIpc) is 2.18. The van der Waals surface area contributed by atoms with E-state index in [1.807, 2.05) is 24.3 Å². The highest BCUT2D eigenvalue weighted by molar-refractivity contribution is 7.96. The van der Waals surface area contributed by atoms with Crippen molar-refractivity contribution in [1.82, 2.24) is 0 Å². The summed E-state index contributed by atoms with van der Waals surface area (Å²) in [6.07, 6.45) is 4.62. The quantitative estimate of drug-likeness (QED) is 0.468. The Bertz CT molecular complexity index is 306. The van der Waals surface area contributed by atoms with E-state index in [1.54, 1.807) is 6.08 Å². The standard InChI is InChI=1S/C11H12O2S/c12-11(14)13-9-5-4-8-10-6-2-1-3-7-10/h1-7H,8-9H2,(H,12,14)/b5-4+. The highest BCUT2D eigenvalue weighted by atomic mass is 32.1. The molecule has 1 aromatic carbocycles. The van der Waals surface area contributed by atoms with Gasteiger partial charge in [0, 0.05) is 0 Å². The maximum atomic E-state index is 10.3. The van der Waals surface area contributed by atoms with Gasteiger partial charge in [0.1, 0.15) is 6.61 Å². The summed E-state index contributed by atoms with van der Waals surface area (Å²) >= 11 is 3.48. The zero-order chi connectivity index (χ0) is 10.2. The van der Waals surface area contributed by atoms with E-state index < -0.39 is 5.30 Å². The van der Waals surface area contributed by atoms with Crippen LogP contribution in [0.2, 0.25) is 0 Å². The van der Waals surface area contributed by atoms with Gasteiger partial charge in [-0.05, 0) is 12.0 Å². The SMILES string of the molecule is O=C(S)OC/C=C/Cc1ccccc1. The molecule has 0 aliphatic carbocycles. The number of rotatable bonds is 4. The second-order valence-electron chi connectivity index (χ2n) is 2.74. The number of hydrogen-bond acceptors (Lipinski definition) is 2. The number of carbonyl (C=O) groups excluding carboxylic acids is 1. The van der Waals surface area contributed by atoms with E-state index in [0.29, 0.717) is 0 Å². The third kappa shape index (κ3) is 4.72. The minimum Gasteiger partial charge on any atom is -0.454 e. The van der Waals surface area contributed by atoms with Crippen LogP contribution in [-0.4, -0.2) is 11.9 Å². The summed E-state index contributed by atoms with van der Waals surface area (Å²) in [6.45, 7) is 0.287. The lowest BCUT2D eigenvalue weighted by molar-refractivity contribution is 0.188. The minimum atomic E-state index is -0.547. The van der Waals surface area contributed by atoms with Gasteiger partial charge in [-0.3, -0.25) is 0 Å². The van der Waals surface area contributed by atoms with Crippen LogP contribution >= 0.6 is 12.6 Å². The van der Waals surface area contributed by atoms with Crippen molar-refractivity contribution >= 4 is 17.9 Å². The first-order valence-electron chi connectivity index (χ1n) is 4.33. The summed E-state index contributed by atoms with van der Waals surface area (Å²) in [7, 11) is 0. The molecule has 1 aromatic rings. The van der Waals surface area contributed by atoms with Gasteiger partial charge in [-0.25, -0.2) is 4.79 Å². The monoisotopic (exact) mass is 208 g/mol.